The Bertz CT molecular complexity index is 996. The Morgan fingerprint density at radius 1 is 1.03 bits per heavy atom. The van der Waals surface area contributed by atoms with Crippen LogP contribution in [0.25, 0.3) is 11.4 Å². The molecule has 158 valence electrons. The monoisotopic (exact) mass is 409 g/mol. The van der Waals surface area contributed by atoms with Crippen molar-refractivity contribution in [2.45, 2.75) is 33.1 Å². The second-order valence-corrected chi connectivity index (χ2v) is 6.75. The molecular weight excluding hydrogens is 382 g/mol. The van der Waals surface area contributed by atoms with Crippen LogP contribution in [0.1, 0.15) is 42.6 Å². The average molecular weight is 409 g/mol. The normalized spacial score (nSPS) is 10.7. The van der Waals surface area contributed by atoms with Crippen LogP contribution < -0.4 is 14.2 Å². The number of hydrogen-bond acceptors (Lipinski definition) is 6. The zero-order valence-corrected chi connectivity index (χ0v) is 17.8. The van der Waals surface area contributed by atoms with Crippen LogP contribution in [0.4, 0.5) is 0 Å². The predicted octanol–water partition coefficient (Wildman–Crippen LogP) is 4.39. The van der Waals surface area contributed by atoms with Crippen LogP contribution in [0.3, 0.4) is 0 Å². The number of carbonyl (C=O) groups is 1. The number of rotatable bonds is 9. The van der Waals surface area contributed by atoms with Crippen LogP contribution in [-0.2, 0) is 6.42 Å². The van der Waals surface area contributed by atoms with Crippen molar-refractivity contribution in [2.24, 2.45) is 0 Å². The van der Waals surface area contributed by atoms with Gasteiger partial charge in [0.15, 0.2) is 5.82 Å². The minimum absolute atomic E-state index is 0.179. The van der Waals surface area contributed by atoms with E-state index in [0.29, 0.717) is 29.5 Å². The van der Waals surface area contributed by atoms with Crippen molar-refractivity contribution in [1.82, 2.24) is 14.8 Å². The molecule has 30 heavy (non-hydrogen) atoms. The standard InChI is InChI=1S/C23H27N3O4/c1-5-7-14-30-23-24-21(17-10-8-16(6-2)9-11-17)26(25-23)22(27)19-13-12-18(28-3)15-20(19)29-4/h8-13,15H,5-7,14H2,1-4H3. The van der Waals surface area contributed by atoms with Gasteiger partial charge in [0.2, 0.25) is 0 Å². The summed E-state index contributed by atoms with van der Waals surface area (Å²) >= 11 is 0. The fourth-order valence-corrected chi connectivity index (χ4v) is 2.97. The minimum Gasteiger partial charge on any atom is -0.497 e. The van der Waals surface area contributed by atoms with Gasteiger partial charge in [-0.05, 0) is 30.5 Å². The first-order valence-corrected chi connectivity index (χ1v) is 10.1. The molecule has 3 rings (SSSR count). The Balaban J connectivity index is 2.04. The molecule has 0 aliphatic rings. The Kier molecular flexibility index (Phi) is 7.06. The van der Waals surface area contributed by atoms with Gasteiger partial charge in [0, 0.05) is 11.6 Å². The number of ether oxygens (including phenoxy) is 3. The molecule has 0 saturated carbocycles. The fraction of sp³-hybridized carbons (Fsp3) is 0.348. The largest absolute Gasteiger partial charge is 0.497 e. The van der Waals surface area contributed by atoms with Crippen molar-refractivity contribution in [2.75, 3.05) is 20.8 Å². The van der Waals surface area contributed by atoms with Crippen molar-refractivity contribution in [3.63, 3.8) is 0 Å². The highest BCUT2D eigenvalue weighted by Crippen LogP contribution is 2.28. The third-order valence-corrected chi connectivity index (χ3v) is 4.77. The Hall–Kier alpha value is -3.35. The maximum Gasteiger partial charge on any atom is 0.336 e. The van der Waals surface area contributed by atoms with Crippen LogP contribution in [0.15, 0.2) is 42.5 Å². The molecular formula is C23H27N3O4. The first kappa shape index (κ1) is 21.4. The second kappa shape index (κ2) is 9.91. The summed E-state index contributed by atoms with van der Waals surface area (Å²) in [4.78, 5) is 17.9. The Morgan fingerprint density at radius 3 is 2.43 bits per heavy atom. The number of carbonyl (C=O) groups excluding carboxylic acids is 1. The maximum atomic E-state index is 13.4. The summed E-state index contributed by atoms with van der Waals surface area (Å²) in [6, 6.07) is 13.1. The zero-order valence-electron chi connectivity index (χ0n) is 17.8. The molecule has 3 aromatic rings. The number of hydrogen-bond donors (Lipinski definition) is 0. The lowest BCUT2D eigenvalue weighted by Gasteiger charge is -2.10. The highest BCUT2D eigenvalue weighted by atomic mass is 16.5. The second-order valence-electron chi connectivity index (χ2n) is 6.75. The van der Waals surface area contributed by atoms with Crippen molar-refractivity contribution >= 4 is 5.91 Å². The number of methoxy groups -OCH3 is 2. The molecule has 0 spiro atoms. The van der Waals surface area contributed by atoms with Gasteiger partial charge in [-0.3, -0.25) is 4.79 Å². The third-order valence-electron chi connectivity index (χ3n) is 4.77. The van der Waals surface area contributed by atoms with E-state index in [1.54, 1.807) is 25.3 Å². The van der Waals surface area contributed by atoms with E-state index in [1.807, 2.05) is 24.3 Å². The topological polar surface area (TPSA) is 75.5 Å². The highest BCUT2D eigenvalue weighted by Gasteiger charge is 2.23. The predicted molar refractivity (Wildman–Crippen MR) is 115 cm³/mol. The SMILES string of the molecule is CCCCOc1nc(-c2ccc(CC)cc2)n(C(=O)c2ccc(OC)cc2OC)n1. The van der Waals surface area contributed by atoms with E-state index in [4.69, 9.17) is 14.2 Å². The summed E-state index contributed by atoms with van der Waals surface area (Å²) in [5.41, 5.74) is 2.34. The van der Waals surface area contributed by atoms with Gasteiger partial charge in [0.1, 0.15) is 11.5 Å². The van der Waals surface area contributed by atoms with Gasteiger partial charge in [-0.15, -0.1) is 5.10 Å². The molecule has 0 unspecified atom stereocenters. The zero-order chi connectivity index (χ0) is 21.5. The summed E-state index contributed by atoms with van der Waals surface area (Å²) < 4.78 is 17.6. The first-order chi connectivity index (χ1) is 14.6. The van der Waals surface area contributed by atoms with Crippen LogP contribution in [-0.4, -0.2) is 41.5 Å². The number of benzene rings is 2. The smallest absolute Gasteiger partial charge is 0.336 e. The molecule has 0 radical (unpaired) electrons. The lowest BCUT2D eigenvalue weighted by atomic mass is 10.1. The van der Waals surface area contributed by atoms with Crippen molar-refractivity contribution in [1.29, 1.82) is 0 Å². The molecule has 0 bridgehead atoms. The average Bonchev–Trinajstić information content (AvgIpc) is 3.22. The molecule has 7 nitrogen and oxygen atoms in total. The Labute approximate surface area is 176 Å². The van der Waals surface area contributed by atoms with Gasteiger partial charge in [-0.1, -0.05) is 44.5 Å². The number of aromatic nitrogens is 3. The van der Waals surface area contributed by atoms with Crippen LogP contribution in [0, 0.1) is 0 Å². The van der Waals surface area contributed by atoms with Gasteiger partial charge in [0.25, 0.3) is 5.91 Å². The number of unbranched alkanes of at least 4 members (excludes halogenated alkanes) is 1. The molecule has 0 saturated heterocycles. The van der Waals surface area contributed by atoms with Crippen LogP contribution in [0.2, 0.25) is 0 Å². The molecule has 0 fully saturated rings. The molecule has 0 aliphatic carbocycles. The van der Waals surface area contributed by atoms with Gasteiger partial charge in [0.05, 0.1) is 26.4 Å². The lowest BCUT2D eigenvalue weighted by molar-refractivity contribution is 0.0941. The number of aryl methyl sites for hydroxylation is 1. The summed E-state index contributed by atoms with van der Waals surface area (Å²) in [5, 5.41) is 4.34. The fourth-order valence-electron chi connectivity index (χ4n) is 2.97. The minimum atomic E-state index is -0.359. The maximum absolute atomic E-state index is 13.4. The molecule has 0 atom stereocenters. The van der Waals surface area contributed by atoms with Gasteiger partial charge in [-0.25, -0.2) is 0 Å². The van der Waals surface area contributed by atoms with Crippen molar-refractivity contribution in [3.05, 3.63) is 53.6 Å². The van der Waals surface area contributed by atoms with Gasteiger partial charge in [-0.2, -0.15) is 9.67 Å². The summed E-state index contributed by atoms with van der Waals surface area (Å²) in [6.45, 7) is 4.67. The third kappa shape index (κ3) is 4.62. The van der Waals surface area contributed by atoms with E-state index < -0.39 is 0 Å². The quantitative estimate of drug-likeness (QED) is 0.488. The molecule has 0 N–H and O–H groups in total. The van der Waals surface area contributed by atoms with Crippen LogP contribution >= 0.6 is 0 Å². The molecule has 2 aromatic carbocycles. The van der Waals surface area contributed by atoms with E-state index in [2.05, 4.69) is 23.9 Å². The molecule has 1 aromatic heterocycles. The Morgan fingerprint density at radius 2 is 1.80 bits per heavy atom. The van der Waals surface area contributed by atoms with Gasteiger partial charge < -0.3 is 14.2 Å². The molecule has 7 heteroatoms. The highest BCUT2D eigenvalue weighted by molar-refractivity contribution is 6.00. The molecule has 1 heterocycles. The summed E-state index contributed by atoms with van der Waals surface area (Å²) in [7, 11) is 3.07. The summed E-state index contributed by atoms with van der Waals surface area (Å²) in [5.74, 6) is 1.06. The molecule has 0 aliphatic heterocycles. The van der Waals surface area contributed by atoms with E-state index in [-0.39, 0.29) is 11.9 Å². The first-order valence-electron chi connectivity index (χ1n) is 10.1. The number of nitrogens with zero attached hydrogens (tertiary/aromatic N) is 3. The van der Waals surface area contributed by atoms with E-state index in [9.17, 15) is 4.79 Å². The van der Waals surface area contributed by atoms with E-state index in [1.165, 1.54) is 17.4 Å². The summed E-state index contributed by atoms with van der Waals surface area (Å²) in [6.07, 6.45) is 2.81. The molecule has 0 amide bonds. The van der Waals surface area contributed by atoms with Crippen molar-refractivity contribution < 1.29 is 19.0 Å². The van der Waals surface area contributed by atoms with E-state index >= 15 is 0 Å². The van der Waals surface area contributed by atoms with Gasteiger partial charge >= 0.3 is 6.01 Å². The lowest BCUT2D eigenvalue weighted by Crippen LogP contribution is -2.16. The van der Waals surface area contributed by atoms with Crippen LogP contribution in [0.5, 0.6) is 17.5 Å². The van der Waals surface area contributed by atoms with Crippen molar-refractivity contribution in [3.8, 4) is 28.9 Å². The van der Waals surface area contributed by atoms with E-state index in [0.717, 1.165) is 24.8 Å².